The molecule has 3 aromatic rings. The molecule has 180 valence electrons. The van der Waals surface area contributed by atoms with E-state index in [2.05, 4.69) is 10.2 Å². The van der Waals surface area contributed by atoms with Gasteiger partial charge in [-0.2, -0.15) is 35.5 Å². The molecule has 14 nitrogen and oxygen atoms in total. The van der Waals surface area contributed by atoms with E-state index in [0.717, 1.165) is 12.1 Å². The number of azo groups is 1. The average molecular weight is 532 g/mol. The molecule has 34 heavy (non-hydrogen) atoms. The minimum atomic E-state index is -5.18. The van der Waals surface area contributed by atoms with Crippen LogP contribution in [0, 0.1) is 0 Å². The van der Waals surface area contributed by atoms with Gasteiger partial charge in [-0.3, -0.25) is 13.7 Å². The van der Waals surface area contributed by atoms with Crippen molar-refractivity contribution in [2.75, 3.05) is 5.73 Å². The number of rotatable bonds is 6. The number of nitrogens with two attached hydrogens (primary N) is 1. The molecule has 17 heteroatoms. The standard InChI is InChI=1S/C17H13N3O11S3/c18-14-2-1-8(3-13(14)17(21)22)19-20-9-4-11-12(15(5-9)33(26,27)28)6-10(32(23,24)25)7-16(11)34(29,30)31/h1-7H,18H2,(H,21,22)(H,23,24,25)(H,26,27,28)(H,29,30,31). The summed E-state index contributed by atoms with van der Waals surface area (Å²) < 4.78 is 99.1. The molecule has 0 aliphatic rings. The number of nitrogens with zero attached hydrogens (tertiary/aromatic N) is 2. The lowest BCUT2D eigenvalue weighted by atomic mass is 10.1. The average Bonchev–Trinajstić information content (AvgIpc) is 2.69. The zero-order chi connectivity index (χ0) is 25.6. The third-order valence-corrected chi connectivity index (χ3v) is 6.97. The summed E-state index contributed by atoms with van der Waals surface area (Å²) in [5.41, 5.74) is 4.73. The Morgan fingerprint density at radius 3 is 1.76 bits per heavy atom. The van der Waals surface area contributed by atoms with Crippen LogP contribution in [0.4, 0.5) is 17.1 Å². The predicted octanol–water partition coefficient (Wildman–Crippen LogP) is 2.28. The first-order chi connectivity index (χ1) is 15.5. The van der Waals surface area contributed by atoms with Crippen LogP contribution in [0.3, 0.4) is 0 Å². The van der Waals surface area contributed by atoms with Crippen LogP contribution in [-0.4, -0.2) is 50.0 Å². The molecule has 0 bridgehead atoms. The zero-order valence-corrected chi connectivity index (χ0v) is 18.8. The third-order valence-electron chi connectivity index (χ3n) is 4.35. The summed E-state index contributed by atoms with van der Waals surface area (Å²) in [5.74, 6) is -1.36. The number of carbonyl (C=O) groups is 1. The van der Waals surface area contributed by atoms with Crippen LogP contribution >= 0.6 is 0 Å². The quantitative estimate of drug-likeness (QED) is 0.174. The molecule has 0 unspecified atom stereocenters. The van der Waals surface area contributed by atoms with Gasteiger partial charge in [0, 0.05) is 16.5 Å². The molecule has 0 aromatic heterocycles. The van der Waals surface area contributed by atoms with Crippen molar-refractivity contribution in [3.63, 3.8) is 0 Å². The van der Waals surface area contributed by atoms with Gasteiger partial charge in [0.1, 0.15) is 9.79 Å². The van der Waals surface area contributed by atoms with Crippen molar-refractivity contribution >= 4 is 64.2 Å². The number of hydrogen-bond donors (Lipinski definition) is 5. The number of anilines is 1. The van der Waals surface area contributed by atoms with Gasteiger partial charge in [-0.1, -0.05) is 0 Å². The second-order valence-electron chi connectivity index (χ2n) is 6.66. The van der Waals surface area contributed by atoms with Gasteiger partial charge in [0.15, 0.2) is 0 Å². The topological polar surface area (TPSA) is 251 Å². The SMILES string of the molecule is Nc1ccc(N=Nc2cc(S(=O)(=O)O)c3cc(S(=O)(=O)O)cc(S(=O)(=O)O)c3c2)cc1C(=O)O. The Morgan fingerprint density at radius 2 is 1.24 bits per heavy atom. The van der Waals surface area contributed by atoms with Gasteiger partial charge >= 0.3 is 5.97 Å². The van der Waals surface area contributed by atoms with Gasteiger partial charge in [-0.15, -0.1) is 0 Å². The summed E-state index contributed by atoms with van der Waals surface area (Å²) in [5, 5.41) is 15.3. The number of hydrogen-bond acceptors (Lipinski definition) is 10. The van der Waals surface area contributed by atoms with Crippen molar-refractivity contribution in [1.29, 1.82) is 0 Å². The van der Waals surface area contributed by atoms with Crippen LogP contribution in [0.25, 0.3) is 10.8 Å². The van der Waals surface area contributed by atoms with Crippen LogP contribution in [-0.2, 0) is 30.4 Å². The van der Waals surface area contributed by atoms with Crippen molar-refractivity contribution in [2.24, 2.45) is 10.2 Å². The summed E-state index contributed by atoms with van der Waals surface area (Å²) in [7, 11) is -15.4. The van der Waals surface area contributed by atoms with Crippen LogP contribution in [0.5, 0.6) is 0 Å². The van der Waals surface area contributed by atoms with Crippen LogP contribution in [0.2, 0.25) is 0 Å². The normalized spacial score (nSPS) is 12.9. The number of carboxylic acid groups (broad SMARTS) is 1. The fourth-order valence-electron chi connectivity index (χ4n) is 2.90. The first kappa shape index (κ1) is 25.1. The minimum Gasteiger partial charge on any atom is -0.478 e. The molecule has 0 fully saturated rings. The van der Waals surface area contributed by atoms with Gasteiger partial charge < -0.3 is 10.8 Å². The Labute approximate surface area is 191 Å². The molecular weight excluding hydrogens is 518 g/mol. The fourth-order valence-corrected chi connectivity index (χ4v) is 4.94. The Balaban J connectivity index is 2.35. The van der Waals surface area contributed by atoms with Crippen molar-refractivity contribution in [1.82, 2.24) is 0 Å². The van der Waals surface area contributed by atoms with E-state index in [1.807, 2.05) is 0 Å². The second kappa shape index (κ2) is 8.38. The highest BCUT2D eigenvalue weighted by Gasteiger charge is 2.25. The molecule has 0 saturated carbocycles. The van der Waals surface area contributed by atoms with Crippen LogP contribution < -0.4 is 5.73 Å². The molecule has 0 aliphatic carbocycles. The number of fused-ring (bicyclic) bond motifs is 1. The minimum absolute atomic E-state index is 0.0446. The van der Waals surface area contributed by atoms with Gasteiger partial charge in [0.25, 0.3) is 30.4 Å². The monoisotopic (exact) mass is 531 g/mol. The third kappa shape index (κ3) is 5.19. The molecule has 3 aromatic carbocycles. The van der Waals surface area contributed by atoms with E-state index >= 15 is 0 Å². The maximum atomic E-state index is 11.9. The Bertz CT molecular complexity index is 1710. The highest BCUT2D eigenvalue weighted by atomic mass is 32.2. The summed E-state index contributed by atoms with van der Waals surface area (Å²) in [6.07, 6.45) is 0. The smallest absolute Gasteiger partial charge is 0.337 e. The first-order valence-corrected chi connectivity index (χ1v) is 12.9. The van der Waals surface area contributed by atoms with E-state index in [-0.39, 0.29) is 16.9 Å². The predicted molar refractivity (Wildman–Crippen MR) is 115 cm³/mol. The molecule has 0 radical (unpaired) electrons. The lowest BCUT2D eigenvalue weighted by Gasteiger charge is -2.11. The number of benzene rings is 3. The number of carboxylic acids is 1. The molecule has 0 aliphatic heterocycles. The molecule has 0 saturated heterocycles. The lowest BCUT2D eigenvalue weighted by molar-refractivity contribution is 0.0698. The second-order valence-corrected chi connectivity index (χ2v) is 10.9. The number of nitrogen functional groups attached to an aromatic ring is 1. The Hall–Kier alpha value is -3.48. The van der Waals surface area contributed by atoms with Crippen molar-refractivity contribution < 1.29 is 48.8 Å². The summed E-state index contributed by atoms with van der Waals surface area (Å²) in [4.78, 5) is 7.99. The van der Waals surface area contributed by atoms with Crippen molar-refractivity contribution in [3.8, 4) is 0 Å². The maximum Gasteiger partial charge on any atom is 0.337 e. The van der Waals surface area contributed by atoms with E-state index in [4.69, 9.17) is 10.8 Å². The summed E-state index contributed by atoms with van der Waals surface area (Å²) in [6, 6.07) is 6.10. The summed E-state index contributed by atoms with van der Waals surface area (Å²) >= 11 is 0. The Kier molecular flexibility index (Phi) is 6.20. The molecule has 3 rings (SSSR count). The summed E-state index contributed by atoms with van der Waals surface area (Å²) in [6.45, 7) is 0. The van der Waals surface area contributed by atoms with Crippen LogP contribution in [0.1, 0.15) is 10.4 Å². The van der Waals surface area contributed by atoms with Gasteiger partial charge in [-0.05, 0) is 42.5 Å². The van der Waals surface area contributed by atoms with Gasteiger partial charge in [0.05, 0.1) is 21.8 Å². The molecule has 0 spiro atoms. The van der Waals surface area contributed by atoms with E-state index in [1.54, 1.807) is 0 Å². The molecule has 0 amide bonds. The van der Waals surface area contributed by atoms with E-state index in [9.17, 15) is 43.7 Å². The fraction of sp³-hybridized carbons (Fsp3) is 0. The van der Waals surface area contributed by atoms with Crippen LogP contribution in [0.15, 0.2) is 67.4 Å². The van der Waals surface area contributed by atoms with Crippen molar-refractivity contribution in [3.05, 3.63) is 48.0 Å². The lowest BCUT2D eigenvalue weighted by Crippen LogP contribution is -2.07. The molecule has 0 atom stereocenters. The van der Waals surface area contributed by atoms with E-state index in [1.165, 1.54) is 12.1 Å². The van der Waals surface area contributed by atoms with Crippen molar-refractivity contribution in [2.45, 2.75) is 14.7 Å². The van der Waals surface area contributed by atoms with Gasteiger partial charge in [-0.25, -0.2) is 4.79 Å². The first-order valence-electron chi connectivity index (χ1n) is 8.57. The van der Waals surface area contributed by atoms with E-state index < -0.39 is 67.5 Å². The molecular formula is C17H13N3O11S3. The highest BCUT2D eigenvalue weighted by molar-refractivity contribution is 7.87. The molecule has 6 N–H and O–H groups in total. The van der Waals surface area contributed by atoms with E-state index in [0.29, 0.717) is 18.2 Å². The highest BCUT2D eigenvalue weighted by Crippen LogP contribution is 2.36. The zero-order valence-electron chi connectivity index (χ0n) is 16.4. The maximum absolute atomic E-state index is 11.9. The van der Waals surface area contributed by atoms with Gasteiger partial charge in [0.2, 0.25) is 0 Å². The molecule has 0 heterocycles. The number of aromatic carboxylic acids is 1. The largest absolute Gasteiger partial charge is 0.478 e. The Morgan fingerprint density at radius 1 is 0.706 bits per heavy atom.